The smallest absolute Gasteiger partial charge is 0.0698 e. The quantitative estimate of drug-likeness (QED) is 0.551. The molecule has 0 saturated heterocycles. The number of halogens is 1. The van der Waals surface area contributed by atoms with Crippen LogP contribution in [0, 0.1) is 6.92 Å². The molecule has 0 radical (unpaired) electrons. The topological polar surface area (TPSA) is 41.5 Å². The molecule has 0 unspecified atom stereocenters. The number of benzene rings is 1. The molecule has 1 aromatic carbocycles. The van der Waals surface area contributed by atoms with E-state index in [1.165, 1.54) is 11.1 Å². The van der Waals surface area contributed by atoms with E-state index in [0.29, 0.717) is 13.2 Å². The summed E-state index contributed by atoms with van der Waals surface area (Å²) in [7, 11) is 0. The molecule has 92 valence electrons. The zero-order chi connectivity index (χ0) is 10.9. The molecule has 3 nitrogen and oxygen atoms in total. The van der Waals surface area contributed by atoms with Gasteiger partial charge in [0.15, 0.2) is 0 Å². The molecule has 0 spiro atoms. The van der Waals surface area contributed by atoms with Gasteiger partial charge in [0.1, 0.15) is 0 Å². The summed E-state index contributed by atoms with van der Waals surface area (Å²) in [6.45, 7) is 4.96. The maximum Gasteiger partial charge on any atom is 0.0698 e. The van der Waals surface area contributed by atoms with Gasteiger partial charge in [-0.2, -0.15) is 0 Å². The SMILES string of the molecule is Cc1ccccc1CNCCOCCO.[Cl-]. The second-order valence-corrected chi connectivity index (χ2v) is 3.44. The highest BCUT2D eigenvalue weighted by Gasteiger charge is 1.95. The zero-order valence-electron chi connectivity index (χ0n) is 9.58. The Morgan fingerprint density at radius 1 is 1.25 bits per heavy atom. The van der Waals surface area contributed by atoms with Crippen LogP contribution >= 0.6 is 0 Å². The number of aliphatic hydroxyl groups is 1. The molecule has 0 aliphatic carbocycles. The van der Waals surface area contributed by atoms with Gasteiger partial charge in [0.05, 0.1) is 19.8 Å². The summed E-state index contributed by atoms with van der Waals surface area (Å²) in [5.41, 5.74) is 2.63. The van der Waals surface area contributed by atoms with E-state index in [1.807, 2.05) is 12.1 Å². The van der Waals surface area contributed by atoms with Gasteiger partial charge < -0.3 is 27.6 Å². The van der Waals surface area contributed by atoms with Crippen LogP contribution in [0.4, 0.5) is 0 Å². The summed E-state index contributed by atoms with van der Waals surface area (Å²) in [6, 6.07) is 8.33. The van der Waals surface area contributed by atoms with E-state index in [9.17, 15) is 0 Å². The molecule has 0 aliphatic rings. The molecule has 0 heterocycles. The maximum atomic E-state index is 8.49. The predicted octanol–water partition coefficient (Wildman–Crippen LogP) is -1.90. The number of hydrogen-bond acceptors (Lipinski definition) is 3. The van der Waals surface area contributed by atoms with Crippen LogP contribution in [-0.4, -0.2) is 31.5 Å². The van der Waals surface area contributed by atoms with Crippen molar-refractivity contribution in [1.82, 2.24) is 5.32 Å². The number of aryl methyl sites for hydroxylation is 1. The molecule has 0 saturated carbocycles. The molecule has 2 N–H and O–H groups in total. The minimum atomic E-state index is 0. The molecule has 0 bridgehead atoms. The molecular weight excluding hydrogens is 226 g/mol. The van der Waals surface area contributed by atoms with Gasteiger partial charge >= 0.3 is 0 Å². The van der Waals surface area contributed by atoms with Gasteiger partial charge in [0.2, 0.25) is 0 Å². The van der Waals surface area contributed by atoms with Crippen molar-refractivity contribution < 1.29 is 22.3 Å². The average molecular weight is 245 g/mol. The van der Waals surface area contributed by atoms with Crippen LogP contribution in [-0.2, 0) is 11.3 Å². The van der Waals surface area contributed by atoms with Gasteiger partial charge in [-0.15, -0.1) is 0 Å². The van der Waals surface area contributed by atoms with E-state index in [2.05, 4.69) is 24.4 Å². The third-order valence-electron chi connectivity index (χ3n) is 2.24. The highest BCUT2D eigenvalue weighted by Crippen LogP contribution is 2.05. The van der Waals surface area contributed by atoms with Crippen LogP contribution in [0.3, 0.4) is 0 Å². The van der Waals surface area contributed by atoms with Gasteiger partial charge in [0.25, 0.3) is 0 Å². The summed E-state index contributed by atoms with van der Waals surface area (Å²) >= 11 is 0. The number of aliphatic hydroxyl groups excluding tert-OH is 1. The molecule has 0 fully saturated rings. The molecule has 1 aromatic rings. The Morgan fingerprint density at radius 2 is 2.00 bits per heavy atom. The lowest BCUT2D eigenvalue weighted by Crippen LogP contribution is -3.00. The van der Waals surface area contributed by atoms with Crippen LogP contribution in [0.15, 0.2) is 24.3 Å². The fourth-order valence-electron chi connectivity index (χ4n) is 1.34. The lowest BCUT2D eigenvalue weighted by Gasteiger charge is -2.07. The Hall–Kier alpha value is -0.610. The Labute approximate surface area is 103 Å². The highest BCUT2D eigenvalue weighted by atomic mass is 35.5. The van der Waals surface area contributed by atoms with E-state index in [1.54, 1.807) is 0 Å². The first-order valence-corrected chi connectivity index (χ1v) is 5.28. The largest absolute Gasteiger partial charge is 1.00 e. The highest BCUT2D eigenvalue weighted by molar-refractivity contribution is 5.25. The fourth-order valence-corrected chi connectivity index (χ4v) is 1.34. The lowest BCUT2D eigenvalue weighted by atomic mass is 10.1. The molecule has 0 amide bonds. The van der Waals surface area contributed by atoms with Crippen molar-refractivity contribution in [3.8, 4) is 0 Å². The summed E-state index contributed by atoms with van der Waals surface area (Å²) in [5.74, 6) is 0. The van der Waals surface area contributed by atoms with Crippen molar-refractivity contribution in [3.05, 3.63) is 35.4 Å². The van der Waals surface area contributed by atoms with Crippen LogP contribution in [0.1, 0.15) is 11.1 Å². The second kappa shape index (κ2) is 9.60. The first-order chi connectivity index (χ1) is 7.34. The summed E-state index contributed by atoms with van der Waals surface area (Å²) in [4.78, 5) is 0. The van der Waals surface area contributed by atoms with E-state index in [-0.39, 0.29) is 19.0 Å². The predicted molar refractivity (Wildman–Crippen MR) is 60.8 cm³/mol. The van der Waals surface area contributed by atoms with Crippen LogP contribution in [0.2, 0.25) is 0 Å². The molecule has 0 aliphatic heterocycles. The van der Waals surface area contributed by atoms with Gasteiger partial charge in [0, 0.05) is 13.1 Å². The molecule has 4 heteroatoms. The van der Waals surface area contributed by atoms with E-state index in [0.717, 1.165) is 13.1 Å². The average Bonchev–Trinajstić information content (AvgIpc) is 2.25. The first kappa shape index (κ1) is 15.4. The van der Waals surface area contributed by atoms with Crippen LogP contribution in [0.25, 0.3) is 0 Å². The molecule has 0 aromatic heterocycles. The standard InChI is InChI=1S/C12H19NO2.ClH/c1-11-4-2-3-5-12(11)10-13-6-8-15-9-7-14;/h2-5,13-14H,6-10H2,1H3;1H/p-1. The molecule has 0 atom stereocenters. The van der Waals surface area contributed by atoms with Crippen LogP contribution < -0.4 is 17.7 Å². The number of rotatable bonds is 7. The normalized spacial score (nSPS) is 9.88. The molecular formula is C12H19ClNO2-. The molecule has 16 heavy (non-hydrogen) atoms. The van der Waals surface area contributed by atoms with E-state index >= 15 is 0 Å². The Bertz CT molecular complexity index is 281. The number of hydrogen-bond donors (Lipinski definition) is 2. The number of ether oxygens (including phenoxy) is 1. The molecule has 1 rings (SSSR count). The third-order valence-corrected chi connectivity index (χ3v) is 2.24. The van der Waals surface area contributed by atoms with E-state index in [4.69, 9.17) is 9.84 Å². The van der Waals surface area contributed by atoms with Crippen molar-refractivity contribution in [2.75, 3.05) is 26.4 Å². The monoisotopic (exact) mass is 244 g/mol. The minimum absolute atomic E-state index is 0. The fraction of sp³-hybridized carbons (Fsp3) is 0.500. The van der Waals surface area contributed by atoms with E-state index < -0.39 is 0 Å². The first-order valence-electron chi connectivity index (χ1n) is 5.28. The Balaban J connectivity index is 0.00000225. The van der Waals surface area contributed by atoms with Crippen molar-refractivity contribution in [1.29, 1.82) is 0 Å². The minimum Gasteiger partial charge on any atom is -1.00 e. The Morgan fingerprint density at radius 3 is 2.69 bits per heavy atom. The second-order valence-electron chi connectivity index (χ2n) is 3.44. The van der Waals surface area contributed by atoms with Crippen molar-refractivity contribution in [3.63, 3.8) is 0 Å². The van der Waals surface area contributed by atoms with Crippen molar-refractivity contribution in [2.24, 2.45) is 0 Å². The van der Waals surface area contributed by atoms with Crippen molar-refractivity contribution in [2.45, 2.75) is 13.5 Å². The van der Waals surface area contributed by atoms with Gasteiger partial charge in [-0.1, -0.05) is 24.3 Å². The summed E-state index contributed by atoms with van der Waals surface area (Å²) in [6.07, 6.45) is 0. The van der Waals surface area contributed by atoms with Crippen molar-refractivity contribution >= 4 is 0 Å². The summed E-state index contributed by atoms with van der Waals surface area (Å²) < 4.78 is 5.14. The Kier molecular flexibility index (Phi) is 9.24. The van der Waals surface area contributed by atoms with Gasteiger partial charge in [-0.05, 0) is 18.1 Å². The number of nitrogens with one attached hydrogen (secondary N) is 1. The zero-order valence-corrected chi connectivity index (χ0v) is 10.3. The van der Waals surface area contributed by atoms with Crippen LogP contribution in [0.5, 0.6) is 0 Å². The third kappa shape index (κ3) is 6.08. The van der Waals surface area contributed by atoms with Gasteiger partial charge in [-0.3, -0.25) is 0 Å². The lowest BCUT2D eigenvalue weighted by molar-refractivity contribution is -0.00000439. The maximum absolute atomic E-state index is 8.49. The van der Waals surface area contributed by atoms with Gasteiger partial charge in [-0.25, -0.2) is 0 Å². The summed E-state index contributed by atoms with van der Waals surface area (Å²) in [5, 5.41) is 11.8.